The first-order valence-electron chi connectivity index (χ1n) is 14.9. The lowest BCUT2D eigenvalue weighted by Crippen LogP contribution is -2.21. The molecule has 5 aromatic rings. The van der Waals surface area contributed by atoms with Gasteiger partial charge in [-0.3, -0.25) is 14.9 Å². The molecule has 46 heavy (non-hydrogen) atoms. The second kappa shape index (κ2) is 12.7. The molecule has 0 atom stereocenters. The molecular weight excluding hydrogens is 588 g/mol. The van der Waals surface area contributed by atoms with Gasteiger partial charge in [0.25, 0.3) is 5.56 Å². The minimum atomic E-state index is -0.516. The Hall–Kier alpha value is -5.71. The molecule has 1 aliphatic heterocycles. The highest BCUT2D eigenvalue weighted by Crippen LogP contribution is 2.35. The van der Waals surface area contributed by atoms with Crippen LogP contribution < -0.4 is 24.5 Å². The Morgan fingerprint density at radius 2 is 1.83 bits per heavy atom. The van der Waals surface area contributed by atoms with Crippen LogP contribution in [0.25, 0.3) is 22.3 Å². The summed E-state index contributed by atoms with van der Waals surface area (Å²) < 4.78 is 23.7. The van der Waals surface area contributed by atoms with Gasteiger partial charge in [0.05, 0.1) is 28.6 Å². The monoisotopic (exact) mass is 620 g/mol. The Morgan fingerprint density at radius 3 is 2.61 bits per heavy atom. The van der Waals surface area contributed by atoms with Crippen LogP contribution in [0.2, 0.25) is 0 Å². The zero-order valence-electron chi connectivity index (χ0n) is 25.9. The Morgan fingerprint density at radius 1 is 1.02 bits per heavy atom. The molecule has 0 unspecified atom stereocenters. The maximum absolute atomic E-state index is 13.8. The lowest BCUT2D eigenvalue weighted by Gasteiger charge is -2.18. The number of nitrogens with zero attached hydrogens (tertiary/aromatic N) is 4. The van der Waals surface area contributed by atoms with Gasteiger partial charge >= 0.3 is 5.69 Å². The number of benzene rings is 4. The predicted molar refractivity (Wildman–Crippen MR) is 174 cm³/mol. The molecule has 0 spiro atoms. The van der Waals surface area contributed by atoms with Gasteiger partial charge in [0, 0.05) is 17.2 Å². The molecule has 2 heterocycles. The SMILES string of the molecule is CCOc1cc(C)c(-c2nc3ccccc3c(=O)n2N=Cc2ccc(OCc3ccc4c(c3)OCO4)c([N+](=O)[O-])c2)cc1C(C)C. The quantitative estimate of drug-likeness (QED) is 0.0929. The lowest BCUT2D eigenvalue weighted by molar-refractivity contribution is -0.385. The average Bonchev–Trinajstić information content (AvgIpc) is 3.52. The highest BCUT2D eigenvalue weighted by atomic mass is 16.7. The summed E-state index contributed by atoms with van der Waals surface area (Å²) in [4.78, 5) is 30.2. The number of hydrogen-bond acceptors (Lipinski definition) is 9. The number of para-hydroxylation sites is 1. The van der Waals surface area contributed by atoms with Gasteiger partial charge < -0.3 is 18.9 Å². The van der Waals surface area contributed by atoms with Crippen molar-refractivity contribution in [2.45, 2.75) is 40.2 Å². The van der Waals surface area contributed by atoms with Crippen LogP contribution in [0.5, 0.6) is 23.0 Å². The topological polar surface area (TPSA) is 127 Å². The van der Waals surface area contributed by atoms with Crippen molar-refractivity contribution in [1.82, 2.24) is 9.66 Å². The van der Waals surface area contributed by atoms with Crippen molar-refractivity contribution in [2.75, 3.05) is 13.4 Å². The normalized spacial score (nSPS) is 12.3. The van der Waals surface area contributed by atoms with E-state index in [-0.39, 0.29) is 36.3 Å². The van der Waals surface area contributed by atoms with E-state index in [9.17, 15) is 14.9 Å². The van der Waals surface area contributed by atoms with E-state index in [2.05, 4.69) is 18.9 Å². The van der Waals surface area contributed by atoms with Gasteiger partial charge in [0.15, 0.2) is 23.1 Å². The zero-order valence-corrected chi connectivity index (χ0v) is 25.9. The van der Waals surface area contributed by atoms with E-state index in [4.69, 9.17) is 23.9 Å². The molecule has 0 radical (unpaired) electrons. The van der Waals surface area contributed by atoms with Crippen LogP contribution in [0.3, 0.4) is 0 Å². The first-order valence-corrected chi connectivity index (χ1v) is 14.9. The van der Waals surface area contributed by atoms with E-state index in [0.29, 0.717) is 40.4 Å². The molecule has 11 heteroatoms. The standard InChI is InChI=1S/C35H32N4O7/c1-5-43-32-14-22(4)27(17-26(32)21(2)3)34-37-28-9-7-6-8-25(28)35(40)38(34)36-18-23-10-12-30(29(15-23)39(41)42)44-19-24-11-13-31-33(16-24)46-20-45-31/h6-18,21H,5,19-20H2,1-4H3. The Bertz CT molecular complexity index is 2050. The van der Waals surface area contributed by atoms with Crippen LogP contribution in [0.1, 0.15) is 48.9 Å². The van der Waals surface area contributed by atoms with Crippen LogP contribution in [-0.2, 0) is 6.61 Å². The van der Waals surface area contributed by atoms with Gasteiger partial charge in [0.2, 0.25) is 6.79 Å². The van der Waals surface area contributed by atoms with E-state index in [0.717, 1.165) is 28.0 Å². The summed E-state index contributed by atoms with van der Waals surface area (Å²) in [5.74, 6) is 2.61. The maximum Gasteiger partial charge on any atom is 0.311 e. The summed E-state index contributed by atoms with van der Waals surface area (Å²) in [5.41, 5.74) is 3.67. The van der Waals surface area contributed by atoms with Gasteiger partial charge in [-0.25, -0.2) is 4.98 Å². The molecular formula is C35H32N4O7. The number of aryl methyl sites for hydroxylation is 1. The molecule has 0 saturated carbocycles. The molecule has 11 nitrogen and oxygen atoms in total. The van der Waals surface area contributed by atoms with Gasteiger partial charge in [-0.05, 0) is 85.0 Å². The number of nitro benzene ring substituents is 1. The summed E-state index contributed by atoms with van der Waals surface area (Å²) in [6.07, 6.45) is 1.41. The summed E-state index contributed by atoms with van der Waals surface area (Å²) in [6.45, 7) is 8.78. The van der Waals surface area contributed by atoms with Crippen molar-refractivity contribution in [2.24, 2.45) is 5.10 Å². The van der Waals surface area contributed by atoms with Crippen LogP contribution in [-0.4, -0.2) is 34.2 Å². The molecule has 0 aliphatic carbocycles. The number of ether oxygens (including phenoxy) is 4. The van der Waals surface area contributed by atoms with E-state index in [1.165, 1.54) is 23.0 Å². The molecule has 234 valence electrons. The van der Waals surface area contributed by atoms with Gasteiger partial charge in [-0.2, -0.15) is 9.78 Å². The third-order valence-corrected chi connectivity index (χ3v) is 7.61. The number of aromatic nitrogens is 2. The number of hydrogen-bond donors (Lipinski definition) is 0. The van der Waals surface area contributed by atoms with Gasteiger partial charge in [-0.1, -0.05) is 32.0 Å². The summed E-state index contributed by atoms with van der Waals surface area (Å²) in [7, 11) is 0. The van der Waals surface area contributed by atoms with E-state index < -0.39 is 4.92 Å². The van der Waals surface area contributed by atoms with Gasteiger partial charge in [0.1, 0.15) is 12.4 Å². The molecule has 0 amide bonds. The fraction of sp³-hybridized carbons (Fsp3) is 0.229. The highest BCUT2D eigenvalue weighted by molar-refractivity contribution is 5.83. The number of nitro groups is 1. The molecule has 1 aliphatic rings. The largest absolute Gasteiger partial charge is 0.494 e. The molecule has 0 N–H and O–H groups in total. The third-order valence-electron chi connectivity index (χ3n) is 7.61. The van der Waals surface area contributed by atoms with Crippen LogP contribution in [0.15, 0.2) is 82.7 Å². The fourth-order valence-electron chi connectivity index (χ4n) is 5.27. The van der Waals surface area contributed by atoms with Crippen molar-refractivity contribution in [3.63, 3.8) is 0 Å². The molecule has 6 rings (SSSR count). The van der Waals surface area contributed by atoms with Crippen molar-refractivity contribution < 1.29 is 23.9 Å². The fourth-order valence-corrected chi connectivity index (χ4v) is 5.27. The van der Waals surface area contributed by atoms with E-state index >= 15 is 0 Å². The van der Waals surface area contributed by atoms with Crippen LogP contribution >= 0.6 is 0 Å². The first kappa shape index (κ1) is 30.3. The molecule has 0 saturated heterocycles. The number of fused-ring (bicyclic) bond motifs is 2. The van der Waals surface area contributed by atoms with Crippen molar-refractivity contribution in [3.05, 3.63) is 116 Å². The van der Waals surface area contributed by atoms with Gasteiger partial charge in [-0.15, -0.1) is 0 Å². The Labute approximate surface area is 264 Å². The van der Waals surface area contributed by atoms with E-state index in [1.54, 1.807) is 36.4 Å². The van der Waals surface area contributed by atoms with Crippen molar-refractivity contribution in [3.8, 4) is 34.4 Å². The highest BCUT2D eigenvalue weighted by Gasteiger charge is 2.20. The van der Waals surface area contributed by atoms with Crippen LogP contribution in [0, 0.1) is 17.0 Å². The predicted octanol–water partition coefficient (Wildman–Crippen LogP) is 6.99. The molecule has 1 aromatic heterocycles. The Kier molecular flexibility index (Phi) is 8.39. The summed E-state index contributed by atoms with van der Waals surface area (Å²) in [5, 5.41) is 16.9. The molecule has 4 aromatic carbocycles. The Balaban J connectivity index is 1.38. The summed E-state index contributed by atoms with van der Waals surface area (Å²) in [6, 6.07) is 20.9. The smallest absolute Gasteiger partial charge is 0.311 e. The minimum absolute atomic E-state index is 0.0895. The lowest BCUT2D eigenvalue weighted by atomic mass is 9.96. The maximum atomic E-state index is 13.8. The minimum Gasteiger partial charge on any atom is -0.494 e. The summed E-state index contributed by atoms with van der Waals surface area (Å²) >= 11 is 0. The second-order valence-electron chi connectivity index (χ2n) is 11.1. The average molecular weight is 621 g/mol. The van der Waals surface area contributed by atoms with Crippen LogP contribution in [0.4, 0.5) is 5.69 Å². The van der Waals surface area contributed by atoms with E-state index in [1.807, 2.05) is 38.1 Å². The third kappa shape index (κ3) is 5.99. The molecule has 0 fully saturated rings. The van der Waals surface area contributed by atoms with Crippen molar-refractivity contribution >= 4 is 22.8 Å². The zero-order chi connectivity index (χ0) is 32.4. The first-order chi connectivity index (χ1) is 22.2. The second-order valence-corrected chi connectivity index (χ2v) is 11.1. The van der Waals surface area contributed by atoms with Crippen molar-refractivity contribution in [1.29, 1.82) is 0 Å². The number of rotatable bonds is 10. The molecule has 0 bridgehead atoms.